The summed E-state index contributed by atoms with van der Waals surface area (Å²) in [6.45, 7) is 0. The van der Waals surface area contributed by atoms with Gasteiger partial charge in [-0.1, -0.05) is 182 Å². The molecule has 0 saturated carbocycles. The predicted molar refractivity (Wildman–Crippen MR) is 256 cm³/mol. The van der Waals surface area contributed by atoms with Crippen molar-refractivity contribution < 1.29 is 0 Å². The lowest BCUT2D eigenvalue weighted by molar-refractivity contribution is 1.18. The van der Waals surface area contributed by atoms with Crippen molar-refractivity contribution in [3.05, 3.63) is 231 Å². The van der Waals surface area contributed by atoms with Crippen LogP contribution < -0.4 is 4.90 Å². The Hall–Kier alpha value is -7.94. The van der Waals surface area contributed by atoms with E-state index in [1.165, 1.54) is 81.6 Å². The predicted octanol–water partition coefficient (Wildman–Crippen LogP) is 16.2. The minimum absolute atomic E-state index is 1.10. The lowest BCUT2D eigenvalue weighted by atomic mass is 9.85. The van der Waals surface area contributed by atoms with Gasteiger partial charge in [0, 0.05) is 27.5 Å². The molecule has 60 heavy (non-hydrogen) atoms. The molecular weight excluding hydrogens is 725 g/mol. The third kappa shape index (κ3) is 5.35. The Labute approximate surface area is 348 Å². The first-order valence-electron chi connectivity index (χ1n) is 20.7. The molecule has 1 heterocycles. The van der Waals surface area contributed by atoms with Crippen molar-refractivity contribution in [2.24, 2.45) is 0 Å². The van der Waals surface area contributed by atoms with Crippen molar-refractivity contribution >= 4 is 82.0 Å². The number of anilines is 3. The van der Waals surface area contributed by atoms with E-state index in [0.29, 0.717) is 0 Å². The zero-order valence-electron chi connectivity index (χ0n) is 32.8. The summed E-state index contributed by atoms with van der Waals surface area (Å²) in [5.74, 6) is 0. The van der Waals surface area contributed by atoms with Crippen LogP contribution in [-0.4, -0.2) is 4.57 Å². The highest BCUT2D eigenvalue weighted by molar-refractivity contribution is 6.23. The maximum atomic E-state index is 2.51. The fourth-order valence-corrected chi connectivity index (χ4v) is 9.72. The van der Waals surface area contributed by atoms with Crippen molar-refractivity contribution in [3.8, 4) is 27.9 Å². The van der Waals surface area contributed by atoms with Crippen LogP contribution in [0.25, 0.3) is 92.8 Å². The lowest BCUT2D eigenvalue weighted by Gasteiger charge is -2.29. The second kappa shape index (κ2) is 13.9. The second-order valence-electron chi connectivity index (χ2n) is 15.6. The average molecular weight is 763 g/mol. The quantitative estimate of drug-likeness (QED) is 0.153. The molecule has 0 aliphatic heterocycles. The SMILES string of the molecule is c1ccc(-c2c(-c3ccccc3)c3cc(N(c4cccc5ccccc45)c4cccc5c4c4ccccc4n5-c4ccc5ccccc5c4)ccc3c3ccccc23)cc1. The van der Waals surface area contributed by atoms with Crippen LogP contribution in [0.1, 0.15) is 0 Å². The fourth-order valence-electron chi connectivity index (χ4n) is 9.72. The molecule has 0 radical (unpaired) electrons. The van der Waals surface area contributed by atoms with Crippen molar-refractivity contribution in [1.82, 2.24) is 4.57 Å². The van der Waals surface area contributed by atoms with Gasteiger partial charge in [-0.2, -0.15) is 0 Å². The second-order valence-corrected chi connectivity index (χ2v) is 15.6. The lowest BCUT2D eigenvalue weighted by Crippen LogP contribution is -2.11. The highest BCUT2D eigenvalue weighted by atomic mass is 15.1. The largest absolute Gasteiger partial charge is 0.309 e. The molecule has 0 atom stereocenters. The number of fused-ring (bicyclic) bond motifs is 8. The summed E-state index contributed by atoms with van der Waals surface area (Å²) in [6.07, 6.45) is 0. The van der Waals surface area contributed by atoms with Gasteiger partial charge in [0.2, 0.25) is 0 Å². The molecule has 0 fully saturated rings. The van der Waals surface area contributed by atoms with Gasteiger partial charge in [0.05, 0.1) is 22.4 Å². The van der Waals surface area contributed by atoms with Gasteiger partial charge < -0.3 is 9.47 Å². The summed E-state index contributed by atoms with van der Waals surface area (Å²) in [6, 6.07) is 84.4. The van der Waals surface area contributed by atoms with Crippen molar-refractivity contribution in [2.45, 2.75) is 0 Å². The molecular formula is C58H38N2. The molecule has 1 aromatic heterocycles. The first-order valence-corrected chi connectivity index (χ1v) is 20.7. The molecule has 280 valence electrons. The minimum Gasteiger partial charge on any atom is -0.309 e. The molecule has 0 spiro atoms. The van der Waals surface area contributed by atoms with Crippen LogP contribution in [0.3, 0.4) is 0 Å². The van der Waals surface area contributed by atoms with E-state index >= 15 is 0 Å². The molecule has 11 aromatic carbocycles. The number of benzene rings is 11. The molecule has 2 heteroatoms. The summed E-state index contributed by atoms with van der Waals surface area (Å²) in [4.78, 5) is 2.51. The molecule has 2 nitrogen and oxygen atoms in total. The van der Waals surface area contributed by atoms with Crippen molar-refractivity contribution in [1.29, 1.82) is 0 Å². The molecule has 0 aliphatic carbocycles. The Balaban J connectivity index is 1.20. The Kier molecular flexibility index (Phi) is 7.89. The molecule has 0 unspecified atom stereocenters. The van der Waals surface area contributed by atoms with Gasteiger partial charge in [-0.05, 0) is 108 Å². The van der Waals surface area contributed by atoms with Crippen LogP contribution in [0.5, 0.6) is 0 Å². The number of rotatable bonds is 6. The van der Waals surface area contributed by atoms with E-state index in [0.717, 1.165) is 28.3 Å². The van der Waals surface area contributed by atoms with Crippen LogP contribution in [0, 0.1) is 0 Å². The molecule has 0 aliphatic rings. The summed E-state index contributed by atoms with van der Waals surface area (Å²) in [5, 5.41) is 12.2. The fraction of sp³-hybridized carbons (Fsp3) is 0. The topological polar surface area (TPSA) is 8.17 Å². The first kappa shape index (κ1) is 34.1. The maximum Gasteiger partial charge on any atom is 0.0562 e. The molecule has 0 bridgehead atoms. The summed E-state index contributed by atoms with van der Waals surface area (Å²) >= 11 is 0. The van der Waals surface area contributed by atoms with Crippen LogP contribution in [0.2, 0.25) is 0 Å². The van der Waals surface area contributed by atoms with Gasteiger partial charge in [-0.25, -0.2) is 0 Å². The zero-order valence-corrected chi connectivity index (χ0v) is 32.8. The van der Waals surface area contributed by atoms with E-state index < -0.39 is 0 Å². The van der Waals surface area contributed by atoms with E-state index in [4.69, 9.17) is 0 Å². The number of hydrogen-bond acceptors (Lipinski definition) is 1. The van der Waals surface area contributed by atoms with Gasteiger partial charge in [-0.3, -0.25) is 0 Å². The Morgan fingerprint density at radius 1 is 0.300 bits per heavy atom. The van der Waals surface area contributed by atoms with Crippen molar-refractivity contribution in [3.63, 3.8) is 0 Å². The Morgan fingerprint density at radius 2 is 0.850 bits per heavy atom. The number of nitrogens with zero attached hydrogens (tertiary/aromatic N) is 2. The first-order chi connectivity index (χ1) is 29.8. The van der Waals surface area contributed by atoms with E-state index in [1.807, 2.05) is 0 Å². The van der Waals surface area contributed by atoms with Gasteiger partial charge in [0.15, 0.2) is 0 Å². The summed E-state index contributed by atoms with van der Waals surface area (Å²) < 4.78 is 2.44. The van der Waals surface area contributed by atoms with Crippen LogP contribution in [0.15, 0.2) is 231 Å². The Bertz CT molecular complexity index is 3600. The highest BCUT2D eigenvalue weighted by Crippen LogP contribution is 2.49. The maximum absolute atomic E-state index is 2.51. The Morgan fingerprint density at radius 3 is 1.63 bits per heavy atom. The number of aromatic nitrogens is 1. The average Bonchev–Trinajstić information content (AvgIpc) is 3.66. The van der Waals surface area contributed by atoms with Crippen LogP contribution in [0.4, 0.5) is 17.1 Å². The van der Waals surface area contributed by atoms with E-state index in [-0.39, 0.29) is 0 Å². The third-order valence-corrected chi connectivity index (χ3v) is 12.3. The summed E-state index contributed by atoms with van der Waals surface area (Å²) in [5.41, 5.74) is 11.7. The van der Waals surface area contributed by atoms with Gasteiger partial charge in [0.1, 0.15) is 0 Å². The zero-order chi connectivity index (χ0) is 39.6. The van der Waals surface area contributed by atoms with E-state index in [1.54, 1.807) is 0 Å². The molecule has 0 N–H and O–H groups in total. The third-order valence-electron chi connectivity index (χ3n) is 12.3. The normalized spacial score (nSPS) is 11.7. The van der Waals surface area contributed by atoms with E-state index in [9.17, 15) is 0 Å². The molecule has 0 amide bonds. The van der Waals surface area contributed by atoms with Gasteiger partial charge in [0.25, 0.3) is 0 Å². The van der Waals surface area contributed by atoms with Gasteiger partial charge in [-0.15, -0.1) is 0 Å². The molecule has 0 saturated heterocycles. The van der Waals surface area contributed by atoms with Crippen LogP contribution in [-0.2, 0) is 0 Å². The van der Waals surface area contributed by atoms with Crippen molar-refractivity contribution in [2.75, 3.05) is 4.90 Å². The number of para-hydroxylation sites is 1. The standard InChI is InChI=1S/C58H38N2/c1-3-19-41(20-4-1)56-49-27-12-11-26-47(49)48-36-35-45(38-51(48)57(56)42-21-5-2-6-22-42)60(52-30-15-24-40-18-9-10-25-46(40)52)55-32-16-31-54-58(55)50-28-13-14-29-53(50)59(54)44-34-33-39-17-7-8-23-43(39)37-44/h1-38H. The van der Waals surface area contributed by atoms with Crippen LogP contribution >= 0.6 is 0 Å². The van der Waals surface area contributed by atoms with Gasteiger partial charge >= 0.3 is 0 Å². The monoisotopic (exact) mass is 762 g/mol. The minimum atomic E-state index is 1.10. The smallest absolute Gasteiger partial charge is 0.0562 e. The molecule has 12 aromatic rings. The number of hydrogen-bond donors (Lipinski definition) is 0. The summed E-state index contributed by atoms with van der Waals surface area (Å²) in [7, 11) is 0. The van der Waals surface area contributed by atoms with E-state index in [2.05, 4.69) is 240 Å². The highest BCUT2D eigenvalue weighted by Gasteiger charge is 2.24. The molecule has 12 rings (SSSR count).